The zero-order chi connectivity index (χ0) is 4.83. The summed E-state index contributed by atoms with van der Waals surface area (Å²) in [6.45, 7) is 1.87. The summed E-state index contributed by atoms with van der Waals surface area (Å²) < 4.78 is 14.3. The van der Waals surface area contributed by atoms with E-state index in [1.807, 2.05) is 6.92 Å². The summed E-state index contributed by atoms with van der Waals surface area (Å²) in [7, 11) is 0. The van der Waals surface area contributed by atoms with Gasteiger partial charge < -0.3 is 0 Å². The third kappa shape index (κ3) is 4.99. The normalized spacial score (nSPS) is 7.00. The number of halogens is 1. The summed E-state index contributed by atoms with van der Waals surface area (Å²) in [4.78, 5) is 0. The molecule has 0 N–H and O–H groups in total. The quantitative estimate of drug-likeness (QED) is 0.566. The Balaban J connectivity index is 2.90. The molecule has 0 atom stereocenters. The second-order valence-electron chi connectivity index (χ2n) is 0.650. The summed E-state index contributed by atoms with van der Waals surface area (Å²) in [5.41, 5.74) is 0. The molecule has 0 aromatic heterocycles. The van der Waals surface area contributed by atoms with Crippen molar-refractivity contribution >= 4 is 0 Å². The Bertz CT molecular complexity index is 64.6. The monoisotopic (exact) mass is 206 g/mol. The third-order valence-electron chi connectivity index (χ3n) is 0.244. The summed E-state index contributed by atoms with van der Waals surface area (Å²) >= 11 is -1.25. The van der Waals surface area contributed by atoms with Gasteiger partial charge in [-0.15, -0.1) is 0 Å². The molecule has 0 saturated carbocycles. The Labute approximate surface area is 63.8 Å². The zero-order valence-electron chi connectivity index (χ0n) is 3.39. The molecule has 0 rings (SSSR count). The standard InChI is InChI=1S/C3H5FNXe/c1-2-3-5-6-4/h2H2,1H3/q+1. The topological polar surface area (TPSA) is 4.36 Å². The van der Waals surface area contributed by atoms with Crippen molar-refractivity contribution in [1.29, 1.82) is 0 Å². The molecule has 3 heteroatoms. The van der Waals surface area contributed by atoms with Gasteiger partial charge in [0.15, 0.2) is 0 Å². The van der Waals surface area contributed by atoms with Crippen LogP contribution >= 0.6 is 0 Å². The van der Waals surface area contributed by atoms with Gasteiger partial charge in [-0.1, -0.05) is 0 Å². The van der Waals surface area contributed by atoms with E-state index in [0.29, 0.717) is 0 Å². The van der Waals surface area contributed by atoms with Crippen LogP contribution in [0.25, 0.3) is -0.143 Å². The van der Waals surface area contributed by atoms with E-state index in [2.05, 4.69) is 5.93 Å². The van der Waals surface area contributed by atoms with Crippen molar-refractivity contribution in [3.63, 3.8) is 0 Å². The molecule has 0 aliphatic carbocycles. The summed E-state index contributed by atoms with van der Waals surface area (Å²) in [6.07, 6.45) is 0.721. The predicted molar refractivity (Wildman–Crippen MR) is 18.6 cm³/mol. The molecule has 0 aliphatic heterocycles. The van der Waals surface area contributed by atoms with Crippen LogP contribution in [0.15, 0.2) is 0 Å². The molecule has 0 aliphatic rings. The molecule has 6 heavy (non-hydrogen) atoms. The first-order chi connectivity index (χ1) is 2.91. The van der Waals surface area contributed by atoms with Crippen LogP contribution in [-0.2, 0) is 0 Å². The van der Waals surface area contributed by atoms with Gasteiger partial charge in [0.1, 0.15) is 0 Å². The van der Waals surface area contributed by atoms with Crippen LogP contribution in [0.5, 0.6) is 0 Å². The summed E-state index contributed by atoms with van der Waals surface area (Å²) in [5, 5.41) is 0. The van der Waals surface area contributed by atoms with Gasteiger partial charge in [-0.25, -0.2) is 0 Å². The number of nitrogens with zero attached hydrogens (tertiary/aromatic N) is 1. The molecular formula is C3H5FNXe+. The van der Waals surface area contributed by atoms with Crippen LogP contribution in [0.1, 0.15) is 13.3 Å². The molecule has 0 aromatic rings. The Hall–Kier alpha value is 0.991. The molecule has 0 heterocycles. The molecule has 0 fully saturated rings. The fraction of sp³-hybridized carbons (Fsp3) is 0.667. The van der Waals surface area contributed by atoms with Crippen molar-refractivity contribution < 1.29 is 45.6 Å². The minimum atomic E-state index is -1.25. The SMILES string of the molecule is CCC#[N+][Xe]F. The van der Waals surface area contributed by atoms with Crippen molar-refractivity contribution in [2.75, 3.05) is 0 Å². The van der Waals surface area contributed by atoms with Gasteiger partial charge in [0.2, 0.25) is 0 Å². The van der Waals surface area contributed by atoms with E-state index in [0.717, 1.165) is 6.42 Å². The average Bonchev–Trinajstić information content (AvgIpc) is 1.61. The first-order valence-corrected chi connectivity index (χ1v) is 3.24. The number of hydrogen-bond donors (Lipinski definition) is 0. The molecule has 0 amide bonds. The van der Waals surface area contributed by atoms with Crippen molar-refractivity contribution in [1.82, 2.24) is 0 Å². The summed E-state index contributed by atoms with van der Waals surface area (Å²) in [5.74, 6) is 0. The number of rotatable bonds is 0. The van der Waals surface area contributed by atoms with Gasteiger partial charge >= 0.3 is 64.9 Å². The van der Waals surface area contributed by atoms with Crippen LogP contribution in [-0.4, -0.2) is 0 Å². The first kappa shape index (κ1) is 6.99. The molecule has 0 spiro atoms. The van der Waals surface area contributed by atoms with E-state index in [1.165, 1.54) is 0 Å². The fourth-order valence-corrected chi connectivity index (χ4v) is 0.517. The van der Waals surface area contributed by atoms with Crippen LogP contribution in [0.2, 0.25) is 0 Å². The minimum absolute atomic E-state index is 0.721. The van der Waals surface area contributed by atoms with E-state index in [4.69, 9.17) is 0 Å². The van der Waals surface area contributed by atoms with E-state index < -0.39 is 45.5 Å². The van der Waals surface area contributed by atoms with Gasteiger partial charge in [-0.2, -0.15) is 0 Å². The van der Waals surface area contributed by atoms with Gasteiger partial charge in [0.05, 0.1) is 0 Å². The van der Waals surface area contributed by atoms with Gasteiger partial charge in [-0.05, 0) is 0 Å². The van der Waals surface area contributed by atoms with Gasteiger partial charge in [0.25, 0.3) is 0 Å². The maximum absolute atomic E-state index is 11.0. The van der Waals surface area contributed by atoms with E-state index in [9.17, 15) is 0.0835 Å². The first-order valence-electron chi connectivity index (χ1n) is 1.58. The van der Waals surface area contributed by atoms with Gasteiger partial charge in [0, 0.05) is 0 Å². The predicted octanol–water partition coefficient (Wildman–Crippen LogP) is 1.61. The Kier molecular flexibility index (Phi) is 6.98. The zero-order valence-corrected chi connectivity index (χ0v) is 5.40. The van der Waals surface area contributed by atoms with Crippen LogP contribution in [0, 0.1) is 51.6 Å². The third-order valence-corrected chi connectivity index (χ3v) is 0.734. The summed E-state index contributed by atoms with van der Waals surface area (Å²) in [6, 6.07) is 2.49. The average molecular weight is 205 g/mol. The molecule has 1 nitrogen and oxygen atoms in total. The number of hydrogen-bond acceptors (Lipinski definition) is 0. The second kappa shape index (κ2) is 5.99. The molecule has 0 saturated heterocycles. The van der Waals surface area contributed by atoms with Crippen LogP contribution in [0.3, 0.4) is 0 Å². The van der Waals surface area contributed by atoms with Crippen molar-refractivity contribution in [2.45, 2.75) is 13.3 Å². The molecule has 0 aromatic carbocycles. The van der Waals surface area contributed by atoms with E-state index in [-0.39, 0.29) is 0 Å². The second-order valence-corrected chi connectivity index (χ2v) is 1.44. The molecule has 36 valence electrons. The van der Waals surface area contributed by atoms with Crippen molar-refractivity contribution in [3.05, 3.63) is -0.143 Å². The Morgan fingerprint density at radius 3 is 2.83 bits per heavy atom. The van der Waals surface area contributed by atoms with Gasteiger partial charge in [-0.3, -0.25) is 0 Å². The van der Waals surface area contributed by atoms with E-state index in [1.54, 1.807) is 0 Å². The van der Waals surface area contributed by atoms with Crippen molar-refractivity contribution in [2.24, 2.45) is 0 Å². The molecule has 0 unspecified atom stereocenters. The fourth-order valence-electron chi connectivity index (χ4n) is 0.0770. The van der Waals surface area contributed by atoms with Crippen LogP contribution in [0.4, 0.5) is 0.0835 Å². The maximum atomic E-state index is 11.0. The molecule has 0 radical (unpaired) electrons. The Morgan fingerprint density at radius 1 is 2.00 bits per heavy atom. The molecular weight excluding hydrogens is 200 g/mol. The van der Waals surface area contributed by atoms with Crippen molar-refractivity contribution in [3.8, 4) is 6.07 Å². The Morgan fingerprint density at radius 2 is 2.67 bits per heavy atom. The van der Waals surface area contributed by atoms with E-state index >= 15 is 0 Å². The molecule has 0 bridgehead atoms. The van der Waals surface area contributed by atoms with Crippen LogP contribution < -0.4 is 0 Å².